The number of hydrazone groups is 1. The highest BCUT2D eigenvalue weighted by Crippen LogP contribution is 2.51. The van der Waals surface area contributed by atoms with Crippen LogP contribution >= 0.6 is 0 Å². The molecule has 0 radical (unpaired) electrons. The van der Waals surface area contributed by atoms with Gasteiger partial charge in [0.05, 0.1) is 24.0 Å². The maximum absolute atomic E-state index is 6.69. The van der Waals surface area contributed by atoms with Crippen LogP contribution in [-0.2, 0) is 4.74 Å². The van der Waals surface area contributed by atoms with Gasteiger partial charge >= 0.3 is 0 Å². The monoisotopic (exact) mass is 376 g/mol. The van der Waals surface area contributed by atoms with Gasteiger partial charge in [0, 0.05) is 30.4 Å². The van der Waals surface area contributed by atoms with Crippen molar-refractivity contribution in [2.24, 2.45) is 5.10 Å². The van der Waals surface area contributed by atoms with Crippen LogP contribution in [0.5, 0.6) is 5.75 Å². The van der Waals surface area contributed by atoms with Crippen LogP contribution in [0.15, 0.2) is 47.6 Å². The molecule has 1 spiro atoms. The molecule has 5 rings (SSSR count). The van der Waals surface area contributed by atoms with Gasteiger partial charge in [-0.25, -0.2) is 5.01 Å². The van der Waals surface area contributed by atoms with Crippen molar-refractivity contribution in [3.63, 3.8) is 0 Å². The lowest BCUT2D eigenvalue weighted by Crippen LogP contribution is -2.60. The minimum Gasteiger partial charge on any atom is -0.466 e. The second kappa shape index (κ2) is 6.08. The Balaban J connectivity index is 1.63. The van der Waals surface area contributed by atoms with Crippen LogP contribution in [0, 0.1) is 13.8 Å². The number of benzene rings is 2. The van der Waals surface area contributed by atoms with Crippen LogP contribution in [0.4, 0.5) is 0 Å². The molecule has 1 fully saturated rings. The average molecular weight is 377 g/mol. The zero-order valence-corrected chi connectivity index (χ0v) is 17.2. The number of ether oxygens (including phenoxy) is 2. The molecule has 2 aromatic rings. The first-order chi connectivity index (χ1) is 13.4. The van der Waals surface area contributed by atoms with E-state index in [0.717, 1.165) is 30.7 Å². The first-order valence-electron chi connectivity index (χ1n) is 10.2. The summed E-state index contributed by atoms with van der Waals surface area (Å²) >= 11 is 0. The number of aryl methyl sites for hydroxylation is 2. The normalized spacial score (nSPS) is 27.8. The molecule has 2 aromatic carbocycles. The van der Waals surface area contributed by atoms with E-state index in [2.05, 4.69) is 75.2 Å². The summed E-state index contributed by atoms with van der Waals surface area (Å²) in [6.45, 7) is 9.31. The summed E-state index contributed by atoms with van der Waals surface area (Å²) in [7, 11) is 0. The molecule has 0 amide bonds. The highest BCUT2D eigenvalue weighted by molar-refractivity contribution is 6.03. The number of hydrogen-bond donors (Lipinski definition) is 0. The largest absolute Gasteiger partial charge is 0.466 e. The number of nitrogens with zero attached hydrogens (tertiary/aromatic N) is 2. The van der Waals surface area contributed by atoms with Crippen molar-refractivity contribution >= 4 is 5.71 Å². The zero-order valence-electron chi connectivity index (χ0n) is 17.2. The molecule has 0 unspecified atom stereocenters. The predicted molar refractivity (Wildman–Crippen MR) is 111 cm³/mol. The molecule has 146 valence electrons. The fourth-order valence-corrected chi connectivity index (χ4v) is 5.01. The van der Waals surface area contributed by atoms with Gasteiger partial charge in [-0.2, -0.15) is 5.10 Å². The van der Waals surface area contributed by atoms with E-state index in [-0.39, 0.29) is 11.6 Å². The Hall–Kier alpha value is -2.33. The zero-order chi connectivity index (χ0) is 19.5. The summed E-state index contributed by atoms with van der Waals surface area (Å²) in [5.74, 6) is 0.999. The van der Waals surface area contributed by atoms with Gasteiger partial charge in [-0.3, -0.25) is 0 Å². The van der Waals surface area contributed by atoms with Crippen molar-refractivity contribution in [2.75, 3.05) is 6.61 Å². The van der Waals surface area contributed by atoms with Gasteiger partial charge in [0.1, 0.15) is 5.75 Å². The molecule has 3 heterocycles. The topological polar surface area (TPSA) is 34.1 Å². The van der Waals surface area contributed by atoms with Gasteiger partial charge in [-0.05, 0) is 45.4 Å². The van der Waals surface area contributed by atoms with Crippen LogP contribution in [0.1, 0.15) is 61.4 Å². The Bertz CT molecular complexity index is 965. The van der Waals surface area contributed by atoms with Crippen LogP contribution in [0.2, 0.25) is 0 Å². The Morgan fingerprint density at radius 3 is 2.75 bits per heavy atom. The first kappa shape index (κ1) is 17.7. The Kier molecular flexibility index (Phi) is 3.86. The van der Waals surface area contributed by atoms with E-state index in [1.807, 2.05) is 0 Å². The van der Waals surface area contributed by atoms with Gasteiger partial charge in [0.25, 0.3) is 0 Å². The van der Waals surface area contributed by atoms with Crippen molar-refractivity contribution in [3.8, 4) is 5.75 Å². The minimum absolute atomic E-state index is 0.216. The molecule has 0 bridgehead atoms. The fourth-order valence-electron chi connectivity index (χ4n) is 5.01. The Morgan fingerprint density at radius 1 is 1.11 bits per heavy atom. The molecular weight excluding hydrogens is 348 g/mol. The van der Waals surface area contributed by atoms with Crippen molar-refractivity contribution in [2.45, 2.75) is 64.3 Å². The molecule has 0 saturated carbocycles. The quantitative estimate of drug-likeness (QED) is 0.692. The average Bonchev–Trinajstić information content (AvgIpc) is 3.09. The highest BCUT2D eigenvalue weighted by atomic mass is 16.5. The molecule has 4 heteroatoms. The van der Waals surface area contributed by atoms with Gasteiger partial charge in [-0.1, -0.05) is 35.9 Å². The van der Waals surface area contributed by atoms with Gasteiger partial charge in [0.15, 0.2) is 0 Å². The second-order valence-electron chi connectivity index (χ2n) is 9.05. The molecular formula is C24H28N2O2. The highest BCUT2D eigenvalue weighted by Gasteiger charge is 2.54. The fraction of sp³-hybridized carbons (Fsp3) is 0.458. The van der Waals surface area contributed by atoms with Crippen molar-refractivity contribution in [1.82, 2.24) is 5.01 Å². The number of para-hydroxylation sites is 1. The van der Waals surface area contributed by atoms with E-state index >= 15 is 0 Å². The second-order valence-corrected chi connectivity index (χ2v) is 9.05. The third-order valence-electron chi connectivity index (χ3n) is 6.30. The van der Waals surface area contributed by atoms with Crippen LogP contribution in [-0.4, -0.2) is 28.7 Å². The molecule has 3 aliphatic rings. The van der Waals surface area contributed by atoms with E-state index in [0.29, 0.717) is 6.61 Å². The lowest BCUT2D eigenvalue weighted by atomic mass is 9.86. The third-order valence-corrected chi connectivity index (χ3v) is 6.30. The molecule has 1 saturated heterocycles. The number of fused-ring (bicyclic) bond motifs is 4. The molecule has 4 nitrogen and oxygen atoms in total. The van der Waals surface area contributed by atoms with Crippen LogP contribution in [0.25, 0.3) is 0 Å². The number of rotatable bonds is 1. The van der Waals surface area contributed by atoms with Crippen molar-refractivity contribution < 1.29 is 9.47 Å². The summed E-state index contributed by atoms with van der Waals surface area (Å²) in [5.41, 5.74) is 5.53. The SMILES string of the molecule is Cc1ccc(C)c(C2=NN3[C@H](C2)c2ccccc2O[C@@]32CCOC(C)(C)C2)c1. The Labute approximate surface area is 167 Å². The summed E-state index contributed by atoms with van der Waals surface area (Å²) in [6.07, 6.45) is 2.53. The van der Waals surface area contributed by atoms with Crippen LogP contribution in [0.3, 0.4) is 0 Å². The first-order valence-corrected chi connectivity index (χ1v) is 10.2. The summed E-state index contributed by atoms with van der Waals surface area (Å²) in [5, 5.41) is 7.45. The van der Waals surface area contributed by atoms with E-state index in [1.165, 1.54) is 22.3 Å². The van der Waals surface area contributed by atoms with E-state index < -0.39 is 5.72 Å². The van der Waals surface area contributed by atoms with Gasteiger partial charge in [-0.15, -0.1) is 0 Å². The molecule has 0 aliphatic carbocycles. The number of hydrogen-bond acceptors (Lipinski definition) is 4. The standard InChI is InChI=1S/C24H28N2O2/c1-16-9-10-17(2)19(13-16)20-14-21-18-7-5-6-8-22(18)28-24(26(21)25-20)11-12-27-23(3,4)15-24/h5-10,13,21H,11-12,14-15H2,1-4H3/t21-,24-/m1/s1. The molecule has 3 aliphatic heterocycles. The lowest BCUT2D eigenvalue weighted by molar-refractivity contribution is -0.212. The summed E-state index contributed by atoms with van der Waals surface area (Å²) in [4.78, 5) is 0. The maximum atomic E-state index is 6.69. The summed E-state index contributed by atoms with van der Waals surface area (Å²) in [6, 6.07) is 15.3. The van der Waals surface area contributed by atoms with Crippen LogP contribution < -0.4 is 4.74 Å². The predicted octanol–water partition coefficient (Wildman–Crippen LogP) is 5.13. The molecule has 0 aromatic heterocycles. The van der Waals surface area contributed by atoms with E-state index in [9.17, 15) is 0 Å². The van der Waals surface area contributed by atoms with E-state index in [4.69, 9.17) is 14.6 Å². The van der Waals surface area contributed by atoms with E-state index in [1.54, 1.807) is 0 Å². The van der Waals surface area contributed by atoms with Crippen molar-refractivity contribution in [1.29, 1.82) is 0 Å². The van der Waals surface area contributed by atoms with Gasteiger partial charge in [0.2, 0.25) is 5.72 Å². The lowest BCUT2D eigenvalue weighted by Gasteiger charge is -2.52. The Morgan fingerprint density at radius 2 is 1.93 bits per heavy atom. The minimum atomic E-state index is -0.444. The third kappa shape index (κ3) is 2.74. The molecule has 28 heavy (non-hydrogen) atoms. The maximum Gasteiger partial charge on any atom is 0.203 e. The smallest absolute Gasteiger partial charge is 0.203 e. The summed E-state index contributed by atoms with van der Waals surface area (Å²) < 4.78 is 12.7. The van der Waals surface area contributed by atoms with Gasteiger partial charge < -0.3 is 9.47 Å². The molecule has 0 N–H and O–H groups in total. The van der Waals surface area contributed by atoms with Crippen molar-refractivity contribution in [3.05, 3.63) is 64.7 Å². The molecule has 2 atom stereocenters.